The van der Waals surface area contributed by atoms with Crippen molar-refractivity contribution < 1.29 is 18.0 Å². The van der Waals surface area contributed by atoms with E-state index < -0.39 is 22.0 Å². The lowest BCUT2D eigenvalue weighted by Gasteiger charge is -2.15. The van der Waals surface area contributed by atoms with Gasteiger partial charge in [-0.3, -0.25) is 10.1 Å². The number of amides is 3. The third kappa shape index (κ3) is 5.96. The molecule has 10 heteroatoms. The van der Waals surface area contributed by atoms with Gasteiger partial charge in [-0.25, -0.2) is 18.2 Å². The van der Waals surface area contributed by atoms with E-state index in [1.165, 1.54) is 16.6 Å². The highest BCUT2D eigenvalue weighted by molar-refractivity contribution is 7.99. The number of hydrogen-bond donors (Lipinski definition) is 2. The fourth-order valence-corrected chi connectivity index (χ4v) is 4.43. The van der Waals surface area contributed by atoms with Crippen molar-refractivity contribution in [2.75, 3.05) is 25.4 Å². The largest absolute Gasteiger partial charge is 0.338 e. The van der Waals surface area contributed by atoms with Crippen molar-refractivity contribution in [2.24, 2.45) is 5.92 Å². The molecule has 2 rings (SSSR count). The van der Waals surface area contributed by atoms with Gasteiger partial charge in [0, 0.05) is 25.8 Å². The van der Waals surface area contributed by atoms with Gasteiger partial charge in [0.05, 0.1) is 10.8 Å². The van der Waals surface area contributed by atoms with Crippen molar-refractivity contribution in [3.8, 4) is 0 Å². The van der Waals surface area contributed by atoms with Crippen molar-refractivity contribution in [3.63, 3.8) is 0 Å². The van der Waals surface area contributed by atoms with Gasteiger partial charge in [0.15, 0.2) is 0 Å². The monoisotopic (exact) mass is 400 g/mol. The van der Waals surface area contributed by atoms with Crippen LogP contribution in [0.4, 0.5) is 4.79 Å². The number of urea groups is 1. The topological polar surface area (TPSA) is 108 Å². The molecule has 26 heavy (non-hydrogen) atoms. The highest BCUT2D eigenvalue weighted by atomic mass is 32.2. The molecule has 0 aromatic carbocycles. The Balaban J connectivity index is 1.83. The molecule has 0 bridgehead atoms. The number of pyridine rings is 1. The van der Waals surface area contributed by atoms with E-state index in [9.17, 15) is 18.0 Å². The number of nitrogens with zero attached hydrogens (tertiary/aromatic N) is 2. The van der Waals surface area contributed by atoms with Crippen LogP contribution in [0.15, 0.2) is 28.3 Å². The number of imide groups is 1. The molecular formula is C16H24N4O4S2. The van der Waals surface area contributed by atoms with Gasteiger partial charge in [-0.15, -0.1) is 0 Å². The van der Waals surface area contributed by atoms with Gasteiger partial charge in [-0.05, 0) is 30.9 Å². The zero-order chi connectivity index (χ0) is 19.2. The van der Waals surface area contributed by atoms with Crippen LogP contribution in [0.3, 0.4) is 0 Å². The third-order valence-corrected chi connectivity index (χ3v) is 6.51. The molecule has 1 saturated heterocycles. The molecule has 1 aliphatic heterocycles. The Morgan fingerprint density at radius 3 is 2.54 bits per heavy atom. The Morgan fingerprint density at radius 1 is 1.27 bits per heavy atom. The van der Waals surface area contributed by atoms with E-state index in [4.69, 9.17) is 0 Å². The summed E-state index contributed by atoms with van der Waals surface area (Å²) in [5.41, 5.74) is 0. The van der Waals surface area contributed by atoms with E-state index in [0.717, 1.165) is 24.6 Å². The summed E-state index contributed by atoms with van der Waals surface area (Å²) in [7, 11) is -3.49. The average Bonchev–Trinajstić information content (AvgIpc) is 3.14. The fraction of sp³-hybridized carbons (Fsp3) is 0.562. The minimum Gasteiger partial charge on any atom is -0.338 e. The van der Waals surface area contributed by atoms with Gasteiger partial charge in [0.1, 0.15) is 4.90 Å². The molecule has 0 atom stereocenters. The number of hydrogen-bond acceptors (Lipinski definition) is 6. The summed E-state index contributed by atoms with van der Waals surface area (Å²) >= 11 is 1.13. The van der Waals surface area contributed by atoms with E-state index in [0.29, 0.717) is 30.6 Å². The predicted molar refractivity (Wildman–Crippen MR) is 99.3 cm³/mol. The third-order valence-electron chi connectivity index (χ3n) is 3.69. The standard InChI is InChI=1S/C16H24N4O4S2/c1-12(2)9-18-16(22)19-14(21)11-25-15-6-5-13(10-17-15)26(23,24)20-7-3-4-8-20/h5-6,10,12H,3-4,7-9,11H2,1-2H3,(H2,18,19,21,22). The van der Waals surface area contributed by atoms with Crippen LogP contribution in [0, 0.1) is 5.92 Å². The van der Waals surface area contributed by atoms with Gasteiger partial charge in [-0.1, -0.05) is 25.6 Å². The second-order valence-corrected chi connectivity index (χ2v) is 9.32. The van der Waals surface area contributed by atoms with Gasteiger partial charge in [-0.2, -0.15) is 4.31 Å². The Bertz CT molecular complexity index is 729. The molecule has 1 aromatic rings. The normalized spacial score (nSPS) is 15.2. The van der Waals surface area contributed by atoms with Crippen molar-refractivity contribution in [1.29, 1.82) is 0 Å². The Morgan fingerprint density at radius 2 is 1.96 bits per heavy atom. The summed E-state index contributed by atoms with van der Waals surface area (Å²) in [6.07, 6.45) is 3.06. The molecule has 3 amide bonds. The van der Waals surface area contributed by atoms with E-state index in [1.54, 1.807) is 6.07 Å². The summed E-state index contributed by atoms with van der Waals surface area (Å²) in [5, 5.41) is 5.35. The Hall–Kier alpha value is -1.65. The van der Waals surface area contributed by atoms with Crippen molar-refractivity contribution in [1.82, 2.24) is 19.9 Å². The maximum Gasteiger partial charge on any atom is 0.321 e. The Kier molecular flexibility index (Phi) is 7.42. The molecule has 0 unspecified atom stereocenters. The molecular weight excluding hydrogens is 376 g/mol. The summed E-state index contributed by atoms with van der Waals surface area (Å²) in [6, 6.07) is 2.54. The second-order valence-electron chi connectivity index (χ2n) is 6.38. The van der Waals surface area contributed by atoms with Crippen LogP contribution < -0.4 is 10.6 Å². The van der Waals surface area contributed by atoms with E-state index in [1.807, 2.05) is 13.8 Å². The highest BCUT2D eigenvalue weighted by Crippen LogP contribution is 2.22. The van der Waals surface area contributed by atoms with Gasteiger partial charge >= 0.3 is 6.03 Å². The van der Waals surface area contributed by atoms with Gasteiger partial charge in [0.2, 0.25) is 15.9 Å². The number of nitrogens with one attached hydrogen (secondary N) is 2. The molecule has 1 aliphatic rings. The number of carbonyl (C=O) groups excluding carboxylic acids is 2. The van der Waals surface area contributed by atoms with E-state index >= 15 is 0 Å². The summed E-state index contributed by atoms with van der Waals surface area (Å²) < 4.78 is 26.3. The van der Waals surface area contributed by atoms with Crippen LogP contribution in [0.5, 0.6) is 0 Å². The maximum atomic E-state index is 12.4. The minimum atomic E-state index is -3.49. The van der Waals surface area contributed by atoms with Crippen LogP contribution in [0.2, 0.25) is 0 Å². The molecule has 2 N–H and O–H groups in total. The lowest BCUT2D eigenvalue weighted by atomic mass is 10.2. The maximum absolute atomic E-state index is 12.4. The van der Waals surface area contributed by atoms with Crippen LogP contribution in [0.25, 0.3) is 0 Å². The molecule has 0 radical (unpaired) electrons. The highest BCUT2D eigenvalue weighted by Gasteiger charge is 2.27. The van der Waals surface area contributed by atoms with E-state index in [-0.39, 0.29) is 10.6 Å². The SMILES string of the molecule is CC(C)CNC(=O)NC(=O)CSc1ccc(S(=O)(=O)N2CCCC2)cn1. The fourth-order valence-electron chi connectivity index (χ4n) is 2.33. The summed E-state index contributed by atoms with van der Waals surface area (Å²) in [5.74, 6) is -0.128. The van der Waals surface area contributed by atoms with Crippen molar-refractivity contribution in [3.05, 3.63) is 18.3 Å². The molecule has 0 spiro atoms. The van der Waals surface area contributed by atoms with E-state index in [2.05, 4.69) is 15.6 Å². The van der Waals surface area contributed by atoms with Crippen molar-refractivity contribution in [2.45, 2.75) is 36.6 Å². The van der Waals surface area contributed by atoms with Crippen LogP contribution in [-0.4, -0.2) is 55.0 Å². The van der Waals surface area contributed by atoms with Gasteiger partial charge < -0.3 is 5.32 Å². The molecule has 2 heterocycles. The molecule has 8 nitrogen and oxygen atoms in total. The molecule has 0 aliphatic carbocycles. The lowest BCUT2D eigenvalue weighted by Crippen LogP contribution is -2.41. The zero-order valence-corrected chi connectivity index (χ0v) is 16.5. The number of thioether (sulfide) groups is 1. The second kappa shape index (κ2) is 9.33. The minimum absolute atomic E-state index is 0.0142. The number of carbonyl (C=O) groups is 2. The first-order valence-corrected chi connectivity index (χ1v) is 10.9. The predicted octanol–water partition coefficient (Wildman–Crippen LogP) is 1.44. The Labute approximate surface area is 158 Å². The van der Waals surface area contributed by atoms with Crippen LogP contribution in [-0.2, 0) is 14.8 Å². The number of rotatable bonds is 7. The molecule has 0 saturated carbocycles. The first kappa shape index (κ1) is 20.7. The summed E-state index contributed by atoms with van der Waals surface area (Å²) in [4.78, 5) is 27.5. The average molecular weight is 401 g/mol. The number of aromatic nitrogens is 1. The molecule has 1 aromatic heterocycles. The van der Waals surface area contributed by atoms with Crippen LogP contribution in [0.1, 0.15) is 26.7 Å². The quantitative estimate of drug-likeness (QED) is 0.671. The molecule has 144 valence electrons. The number of sulfonamides is 1. The lowest BCUT2D eigenvalue weighted by molar-refractivity contribution is -0.117. The molecule has 1 fully saturated rings. The van der Waals surface area contributed by atoms with Crippen LogP contribution >= 0.6 is 11.8 Å². The van der Waals surface area contributed by atoms with Gasteiger partial charge in [0.25, 0.3) is 0 Å². The van der Waals surface area contributed by atoms with Crippen molar-refractivity contribution >= 4 is 33.7 Å². The zero-order valence-electron chi connectivity index (χ0n) is 14.9. The first-order valence-electron chi connectivity index (χ1n) is 8.45. The smallest absolute Gasteiger partial charge is 0.321 e. The first-order chi connectivity index (χ1) is 12.3. The summed E-state index contributed by atoms with van der Waals surface area (Å²) in [6.45, 7) is 5.48.